The summed E-state index contributed by atoms with van der Waals surface area (Å²) >= 11 is 0. The lowest BCUT2D eigenvalue weighted by Crippen LogP contribution is -2.23. The van der Waals surface area contributed by atoms with Crippen LogP contribution in [0.15, 0.2) is 36.4 Å². The van der Waals surface area contributed by atoms with E-state index in [2.05, 4.69) is 4.90 Å². The lowest BCUT2D eigenvalue weighted by molar-refractivity contribution is -0.137. The molecule has 3 rings (SSSR count). The van der Waals surface area contributed by atoms with Crippen molar-refractivity contribution in [2.45, 2.75) is 38.3 Å². The monoisotopic (exact) mass is 373 g/mol. The standard InChI is InChI=1S/C21H24FNO4/c22-17-11-13-23(14-17)12-10-16-5-1-4-15-6-2-7-18(21(15)16)27-20(26)9-3-8-19(24)25/h1-2,4-7,17H,3,8-14H2,(H,24,25)/t17-/m0/s1. The van der Waals surface area contributed by atoms with Gasteiger partial charge >= 0.3 is 11.9 Å². The number of hydrogen-bond acceptors (Lipinski definition) is 4. The number of benzene rings is 2. The largest absolute Gasteiger partial charge is 0.481 e. The third kappa shape index (κ3) is 5.26. The van der Waals surface area contributed by atoms with E-state index in [0.717, 1.165) is 35.8 Å². The average molecular weight is 373 g/mol. The number of carboxylic acids is 1. The van der Waals surface area contributed by atoms with Crippen LogP contribution in [0.25, 0.3) is 10.8 Å². The minimum Gasteiger partial charge on any atom is -0.481 e. The number of ether oxygens (including phenoxy) is 1. The topological polar surface area (TPSA) is 66.8 Å². The third-order valence-corrected chi connectivity index (χ3v) is 4.86. The molecule has 0 spiro atoms. The molecule has 0 bridgehead atoms. The molecule has 0 aromatic heterocycles. The van der Waals surface area contributed by atoms with Crippen LogP contribution in [0, 0.1) is 0 Å². The molecule has 144 valence electrons. The lowest BCUT2D eigenvalue weighted by Gasteiger charge is -2.16. The second-order valence-electron chi connectivity index (χ2n) is 6.93. The Labute approximate surface area is 157 Å². The van der Waals surface area contributed by atoms with E-state index < -0.39 is 18.1 Å². The Kier molecular flexibility index (Phi) is 6.40. The van der Waals surface area contributed by atoms with Crippen LogP contribution in [-0.2, 0) is 16.0 Å². The summed E-state index contributed by atoms with van der Waals surface area (Å²) in [5.41, 5.74) is 1.06. The van der Waals surface area contributed by atoms with E-state index in [9.17, 15) is 14.0 Å². The fourth-order valence-corrected chi connectivity index (χ4v) is 3.50. The predicted molar refractivity (Wildman–Crippen MR) is 101 cm³/mol. The molecule has 1 N–H and O–H groups in total. The molecule has 1 aliphatic rings. The van der Waals surface area contributed by atoms with Gasteiger partial charge in [0.1, 0.15) is 11.9 Å². The van der Waals surface area contributed by atoms with Crippen molar-refractivity contribution in [3.8, 4) is 5.75 Å². The number of aliphatic carboxylic acids is 1. The normalized spacial score (nSPS) is 17.3. The second kappa shape index (κ2) is 8.95. The number of esters is 1. The van der Waals surface area contributed by atoms with Crippen LogP contribution < -0.4 is 4.74 Å². The van der Waals surface area contributed by atoms with Gasteiger partial charge in [-0.1, -0.05) is 30.3 Å². The fourth-order valence-electron chi connectivity index (χ4n) is 3.50. The second-order valence-corrected chi connectivity index (χ2v) is 6.93. The summed E-state index contributed by atoms with van der Waals surface area (Å²) in [5, 5.41) is 10.6. The van der Waals surface area contributed by atoms with Crippen molar-refractivity contribution < 1.29 is 23.8 Å². The van der Waals surface area contributed by atoms with E-state index in [1.807, 2.05) is 30.3 Å². The molecule has 1 aliphatic heterocycles. The minimum absolute atomic E-state index is 0.0543. The van der Waals surface area contributed by atoms with Gasteiger partial charge in [-0.25, -0.2) is 4.39 Å². The fraction of sp³-hybridized carbons (Fsp3) is 0.429. The number of alkyl halides is 1. The molecule has 0 aliphatic carbocycles. The van der Waals surface area contributed by atoms with Gasteiger partial charge in [-0.2, -0.15) is 0 Å². The summed E-state index contributed by atoms with van der Waals surface area (Å²) in [6, 6.07) is 11.5. The molecule has 0 amide bonds. The van der Waals surface area contributed by atoms with Gasteiger partial charge in [0.15, 0.2) is 0 Å². The molecule has 0 saturated carbocycles. The van der Waals surface area contributed by atoms with Crippen LogP contribution in [0.4, 0.5) is 4.39 Å². The van der Waals surface area contributed by atoms with Gasteiger partial charge in [0.05, 0.1) is 0 Å². The summed E-state index contributed by atoms with van der Waals surface area (Å²) < 4.78 is 18.9. The van der Waals surface area contributed by atoms with Crippen LogP contribution in [0.5, 0.6) is 5.75 Å². The van der Waals surface area contributed by atoms with Gasteiger partial charge in [-0.3, -0.25) is 9.59 Å². The Morgan fingerprint density at radius 1 is 1.19 bits per heavy atom. The minimum atomic E-state index is -0.923. The first-order chi connectivity index (χ1) is 13.0. The number of fused-ring (bicyclic) bond motifs is 1. The van der Waals surface area contributed by atoms with Crippen molar-refractivity contribution in [1.82, 2.24) is 4.90 Å². The molecular weight excluding hydrogens is 349 g/mol. The Morgan fingerprint density at radius 3 is 2.67 bits per heavy atom. The lowest BCUT2D eigenvalue weighted by atomic mass is 10.0. The summed E-state index contributed by atoms with van der Waals surface area (Å²) in [7, 11) is 0. The summed E-state index contributed by atoms with van der Waals surface area (Å²) in [5.74, 6) is -0.862. The van der Waals surface area contributed by atoms with Gasteiger partial charge in [-0.05, 0) is 36.3 Å². The van der Waals surface area contributed by atoms with E-state index in [0.29, 0.717) is 18.7 Å². The molecule has 2 aromatic carbocycles. The van der Waals surface area contributed by atoms with Crippen LogP contribution >= 0.6 is 0 Å². The number of halogens is 1. The first-order valence-electron chi connectivity index (χ1n) is 9.32. The Morgan fingerprint density at radius 2 is 1.96 bits per heavy atom. The van der Waals surface area contributed by atoms with Gasteiger partial charge in [0, 0.05) is 37.9 Å². The Balaban J connectivity index is 1.73. The van der Waals surface area contributed by atoms with Gasteiger partial charge in [-0.15, -0.1) is 0 Å². The van der Waals surface area contributed by atoms with Crippen molar-refractivity contribution in [2.75, 3.05) is 19.6 Å². The third-order valence-electron chi connectivity index (χ3n) is 4.86. The van der Waals surface area contributed by atoms with Crippen molar-refractivity contribution in [1.29, 1.82) is 0 Å². The van der Waals surface area contributed by atoms with Crippen molar-refractivity contribution in [3.63, 3.8) is 0 Å². The van der Waals surface area contributed by atoms with Crippen LogP contribution in [0.1, 0.15) is 31.2 Å². The van der Waals surface area contributed by atoms with Gasteiger partial charge in [0.25, 0.3) is 0 Å². The molecule has 5 nitrogen and oxygen atoms in total. The smallest absolute Gasteiger partial charge is 0.311 e. The zero-order chi connectivity index (χ0) is 19.2. The van der Waals surface area contributed by atoms with Gasteiger partial charge < -0.3 is 14.7 Å². The van der Waals surface area contributed by atoms with Crippen LogP contribution in [-0.4, -0.2) is 47.8 Å². The maximum atomic E-state index is 13.4. The molecule has 6 heteroatoms. The predicted octanol–water partition coefficient (Wildman–Crippen LogP) is 3.59. The first-order valence-corrected chi connectivity index (χ1v) is 9.32. The zero-order valence-corrected chi connectivity index (χ0v) is 15.2. The number of carbonyl (C=O) groups is 2. The number of carbonyl (C=O) groups excluding carboxylic acids is 1. The molecule has 2 aromatic rings. The molecule has 1 atom stereocenters. The zero-order valence-electron chi connectivity index (χ0n) is 15.2. The Bertz CT molecular complexity index is 818. The number of hydrogen-bond donors (Lipinski definition) is 1. The number of rotatable bonds is 8. The molecule has 1 saturated heterocycles. The van der Waals surface area contributed by atoms with Crippen LogP contribution in [0.3, 0.4) is 0 Å². The van der Waals surface area contributed by atoms with E-state index in [1.54, 1.807) is 6.07 Å². The van der Waals surface area contributed by atoms with E-state index in [1.165, 1.54) is 0 Å². The van der Waals surface area contributed by atoms with Crippen molar-refractivity contribution >= 4 is 22.7 Å². The molecule has 1 heterocycles. The van der Waals surface area contributed by atoms with Crippen molar-refractivity contribution in [3.05, 3.63) is 42.0 Å². The quantitative estimate of drug-likeness (QED) is 0.566. The summed E-state index contributed by atoms with van der Waals surface area (Å²) in [4.78, 5) is 24.8. The summed E-state index contributed by atoms with van der Waals surface area (Å²) in [6.45, 7) is 2.02. The highest BCUT2D eigenvalue weighted by Crippen LogP contribution is 2.30. The molecule has 0 unspecified atom stereocenters. The Hall–Kier alpha value is -2.47. The van der Waals surface area contributed by atoms with E-state index in [-0.39, 0.29) is 19.3 Å². The van der Waals surface area contributed by atoms with Crippen molar-refractivity contribution in [2.24, 2.45) is 0 Å². The first kappa shape index (κ1) is 19.3. The number of carboxylic acid groups (broad SMARTS) is 1. The highest BCUT2D eigenvalue weighted by atomic mass is 19.1. The average Bonchev–Trinajstić information content (AvgIpc) is 3.05. The van der Waals surface area contributed by atoms with Gasteiger partial charge in [0.2, 0.25) is 0 Å². The van der Waals surface area contributed by atoms with E-state index >= 15 is 0 Å². The highest BCUT2D eigenvalue weighted by molar-refractivity contribution is 5.93. The maximum Gasteiger partial charge on any atom is 0.311 e. The highest BCUT2D eigenvalue weighted by Gasteiger charge is 2.21. The molecule has 27 heavy (non-hydrogen) atoms. The molecular formula is C21H24FNO4. The summed E-state index contributed by atoms with van der Waals surface area (Å²) in [6.07, 6.45) is 0.870. The number of nitrogens with zero attached hydrogens (tertiary/aromatic N) is 1. The maximum absolute atomic E-state index is 13.4. The SMILES string of the molecule is O=C(O)CCCC(=O)Oc1cccc2cccc(CCN3CC[C@H](F)C3)c12. The number of likely N-dealkylation sites (tertiary alicyclic amines) is 1. The molecule has 1 fully saturated rings. The molecule has 0 radical (unpaired) electrons. The van der Waals surface area contributed by atoms with E-state index in [4.69, 9.17) is 9.84 Å². The van der Waals surface area contributed by atoms with Crippen LogP contribution in [0.2, 0.25) is 0 Å².